The molecule has 15 heavy (non-hydrogen) atoms. The number of hydrogen-bond donors (Lipinski definition) is 0. The smallest absolute Gasteiger partial charge is 0.410 e. The zero-order valence-corrected chi connectivity index (χ0v) is 10.2. The van der Waals surface area contributed by atoms with Crippen LogP contribution in [0.5, 0.6) is 0 Å². The number of amides is 1. The lowest BCUT2D eigenvalue weighted by Gasteiger charge is -2.27. The number of ether oxygens (including phenoxy) is 1. The van der Waals surface area contributed by atoms with Crippen molar-refractivity contribution in [1.82, 2.24) is 4.90 Å². The van der Waals surface area contributed by atoms with Crippen LogP contribution in [0, 0.1) is 5.92 Å². The number of carbonyl (C=O) groups is 1. The second-order valence-electron chi connectivity index (χ2n) is 4.70. The van der Waals surface area contributed by atoms with Crippen LogP contribution in [0.3, 0.4) is 0 Å². The van der Waals surface area contributed by atoms with Crippen molar-refractivity contribution in [1.29, 1.82) is 0 Å². The topological polar surface area (TPSA) is 29.5 Å². The molecular weight excluding hydrogens is 190 g/mol. The highest BCUT2D eigenvalue weighted by atomic mass is 16.6. The maximum absolute atomic E-state index is 11.8. The van der Waals surface area contributed by atoms with Gasteiger partial charge in [-0.3, -0.25) is 0 Å². The van der Waals surface area contributed by atoms with E-state index >= 15 is 0 Å². The van der Waals surface area contributed by atoms with Crippen LogP contribution in [0.2, 0.25) is 0 Å². The summed E-state index contributed by atoms with van der Waals surface area (Å²) in [7, 11) is 0. The summed E-state index contributed by atoms with van der Waals surface area (Å²) in [5.74, 6) is 0.413. The molecule has 0 aromatic rings. The SMILES string of the molecule is CCN(C(=O)OCC(C)C)C1CCCC1. The molecule has 1 amide bonds. The molecule has 0 heterocycles. The zero-order chi connectivity index (χ0) is 11.3. The van der Waals surface area contributed by atoms with Crippen molar-refractivity contribution in [2.24, 2.45) is 5.92 Å². The van der Waals surface area contributed by atoms with Gasteiger partial charge >= 0.3 is 6.09 Å². The van der Waals surface area contributed by atoms with Gasteiger partial charge in [0, 0.05) is 12.6 Å². The first-order valence-electron chi connectivity index (χ1n) is 6.08. The Morgan fingerprint density at radius 1 is 1.40 bits per heavy atom. The maximum Gasteiger partial charge on any atom is 0.410 e. The minimum absolute atomic E-state index is 0.127. The fraction of sp³-hybridized carbons (Fsp3) is 0.917. The van der Waals surface area contributed by atoms with Crippen molar-refractivity contribution in [3.63, 3.8) is 0 Å². The predicted octanol–water partition coefficient (Wildman–Crippen LogP) is 3.04. The van der Waals surface area contributed by atoms with Crippen molar-refractivity contribution < 1.29 is 9.53 Å². The van der Waals surface area contributed by atoms with E-state index in [-0.39, 0.29) is 6.09 Å². The number of nitrogens with zero attached hydrogens (tertiary/aromatic N) is 1. The Balaban J connectivity index is 2.39. The molecule has 0 aromatic heterocycles. The van der Waals surface area contributed by atoms with Gasteiger partial charge in [-0.25, -0.2) is 4.79 Å². The summed E-state index contributed by atoms with van der Waals surface area (Å²) in [6, 6.07) is 0.426. The highest BCUT2D eigenvalue weighted by Crippen LogP contribution is 2.23. The second-order valence-corrected chi connectivity index (χ2v) is 4.70. The molecule has 1 rings (SSSR count). The quantitative estimate of drug-likeness (QED) is 0.718. The monoisotopic (exact) mass is 213 g/mol. The van der Waals surface area contributed by atoms with Gasteiger partial charge in [-0.1, -0.05) is 26.7 Å². The van der Waals surface area contributed by atoms with E-state index in [1.165, 1.54) is 12.8 Å². The van der Waals surface area contributed by atoms with Crippen molar-refractivity contribution in [3.05, 3.63) is 0 Å². The lowest BCUT2D eigenvalue weighted by Crippen LogP contribution is -2.39. The summed E-state index contributed by atoms with van der Waals surface area (Å²) >= 11 is 0. The van der Waals surface area contributed by atoms with Crippen LogP contribution in [-0.2, 0) is 4.74 Å². The molecule has 3 heteroatoms. The summed E-state index contributed by atoms with van der Waals surface area (Å²) in [5.41, 5.74) is 0. The van der Waals surface area contributed by atoms with Gasteiger partial charge < -0.3 is 9.64 Å². The first-order valence-corrected chi connectivity index (χ1v) is 6.08. The number of hydrogen-bond acceptors (Lipinski definition) is 2. The van der Waals surface area contributed by atoms with Gasteiger partial charge in [0.05, 0.1) is 6.61 Å². The Labute approximate surface area is 92.8 Å². The van der Waals surface area contributed by atoms with Crippen LogP contribution in [0.25, 0.3) is 0 Å². The van der Waals surface area contributed by atoms with Crippen molar-refractivity contribution >= 4 is 6.09 Å². The normalized spacial score (nSPS) is 17.1. The molecule has 3 nitrogen and oxygen atoms in total. The Bertz CT molecular complexity index is 198. The van der Waals surface area contributed by atoms with E-state index in [1.54, 1.807) is 0 Å². The molecular formula is C12H23NO2. The van der Waals surface area contributed by atoms with Crippen LogP contribution < -0.4 is 0 Å². The Hall–Kier alpha value is -0.730. The first kappa shape index (κ1) is 12.3. The molecule has 0 aromatic carbocycles. The summed E-state index contributed by atoms with van der Waals surface area (Å²) in [4.78, 5) is 13.7. The molecule has 1 fully saturated rings. The average molecular weight is 213 g/mol. The van der Waals surface area contributed by atoms with E-state index in [0.717, 1.165) is 19.4 Å². The second kappa shape index (κ2) is 5.99. The van der Waals surface area contributed by atoms with E-state index in [2.05, 4.69) is 13.8 Å². The molecule has 0 unspecified atom stereocenters. The van der Waals surface area contributed by atoms with Gasteiger partial charge in [0.25, 0.3) is 0 Å². The minimum Gasteiger partial charge on any atom is -0.449 e. The van der Waals surface area contributed by atoms with E-state index in [9.17, 15) is 4.79 Å². The first-order chi connectivity index (χ1) is 7.15. The van der Waals surface area contributed by atoms with E-state index in [0.29, 0.717) is 18.6 Å². The molecule has 1 aliphatic rings. The molecule has 0 atom stereocenters. The summed E-state index contributed by atoms with van der Waals surface area (Å²) in [6.45, 7) is 7.43. The Morgan fingerprint density at radius 3 is 2.47 bits per heavy atom. The van der Waals surface area contributed by atoms with Crippen molar-refractivity contribution in [2.45, 2.75) is 52.5 Å². The lowest BCUT2D eigenvalue weighted by atomic mass is 10.2. The summed E-state index contributed by atoms with van der Waals surface area (Å²) in [5, 5.41) is 0. The Kier molecular flexibility index (Phi) is 4.92. The molecule has 88 valence electrons. The van der Waals surface area contributed by atoms with Crippen molar-refractivity contribution in [3.8, 4) is 0 Å². The molecule has 1 saturated carbocycles. The summed E-state index contributed by atoms with van der Waals surface area (Å²) < 4.78 is 5.26. The Morgan fingerprint density at radius 2 is 2.00 bits per heavy atom. The summed E-state index contributed by atoms with van der Waals surface area (Å²) in [6.07, 6.45) is 4.66. The third-order valence-electron chi connectivity index (χ3n) is 2.88. The van der Waals surface area contributed by atoms with Crippen LogP contribution in [0.1, 0.15) is 46.5 Å². The molecule has 0 N–H and O–H groups in total. The van der Waals surface area contributed by atoms with Crippen LogP contribution in [-0.4, -0.2) is 30.2 Å². The van der Waals surface area contributed by atoms with Crippen LogP contribution in [0.15, 0.2) is 0 Å². The minimum atomic E-state index is -0.127. The lowest BCUT2D eigenvalue weighted by molar-refractivity contribution is 0.0799. The van der Waals surface area contributed by atoms with Crippen LogP contribution in [0.4, 0.5) is 4.79 Å². The van der Waals surface area contributed by atoms with Gasteiger partial charge in [-0.2, -0.15) is 0 Å². The fourth-order valence-electron chi connectivity index (χ4n) is 2.07. The highest BCUT2D eigenvalue weighted by Gasteiger charge is 2.26. The number of rotatable bonds is 4. The molecule has 0 bridgehead atoms. The maximum atomic E-state index is 11.8. The van der Waals surface area contributed by atoms with Crippen molar-refractivity contribution in [2.75, 3.05) is 13.2 Å². The zero-order valence-electron chi connectivity index (χ0n) is 10.2. The van der Waals surface area contributed by atoms with Gasteiger partial charge in [0.2, 0.25) is 0 Å². The van der Waals surface area contributed by atoms with Crippen LogP contribution >= 0.6 is 0 Å². The molecule has 0 spiro atoms. The molecule has 0 radical (unpaired) electrons. The van der Waals surface area contributed by atoms with E-state index in [4.69, 9.17) is 4.74 Å². The largest absolute Gasteiger partial charge is 0.449 e. The van der Waals surface area contributed by atoms with Gasteiger partial charge in [0.15, 0.2) is 0 Å². The average Bonchev–Trinajstić information content (AvgIpc) is 2.69. The highest BCUT2D eigenvalue weighted by molar-refractivity contribution is 5.68. The third-order valence-corrected chi connectivity index (χ3v) is 2.88. The number of carbonyl (C=O) groups excluding carboxylic acids is 1. The van der Waals surface area contributed by atoms with E-state index < -0.39 is 0 Å². The fourth-order valence-corrected chi connectivity index (χ4v) is 2.07. The van der Waals surface area contributed by atoms with E-state index in [1.807, 2.05) is 11.8 Å². The molecule has 0 saturated heterocycles. The standard InChI is InChI=1S/C12H23NO2/c1-4-13(11-7-5-6-8-11)12(14)15-9-10(2)3/h10-11H,4-9H2,1-3H3. The predicted molar refractivity (Wildman–Crippen MR) is 60.8 cm³/mol. The molecule has 0 aliphatic heterocycles. The van der Waals surface area contributed by atoms with Gasteiger partial charge in [-0.15, -0.1) is 0 Å². The molecule has 1 aliphatic carbocycles. The van der Waals surface area contributed by atoms with Gasteiger partial charge in [-0.05, 0) is 25.7 Å². The van der Waals surface area contributed by atoms with Gasteiger partial charge in [0.1, 0.15) is 0 Å². The third kappa shape index (κ3) is 3.73.